The fraction of sp³-hybridized carbons (Fsp3) is 0.643. The molecule has 6 unspecified atom stereocenters. The molecule has 13 heteroatoms. The van der Waals surface area contributed by atoms with Crippen molar-refractivity contribution in [2.45, 2.75) is 88.4 Å². The molecule has 1 aromatic carbocycles. The third-order valence-electron chi connectivity index (χ3n) is 8.58. The molecular formula is C28H37NO12. The topological polar surface area (TPSA) is 197 Å². The number of aryl methyl sites for hydroxylation is 1. The molecule has 1 aliphatic carbocycles. The number of ether oxygens (including phenoxy) is 4. The van der Waals surface area contributed by atoms with Gasteiger partial charge in [-0.2, -0.15) is 0 Å². The second-order valence-corrected chi connectivity index (χ2v) is 10.9. The van der Waals surface area contributed by atoms with Crippen molar-refractivity contribution in [1.82, 2.24) is 5.32 Å². The molecule has 3 heterocycles. The maximum atomic E-state index is 13.0. The second kappa shape index (κ2) is 11.7. The smallest absolute Gasteiger partial charge is 0.306 e. The van der Waals surface area contributed by atoms with E-state index in [0.717, 1.165) is 31.2 Å². The molecule has 2 aromatic rings. The molecule has 0 bridgehead atoms. The van der Waals surface area contributed by atoms with E-state index >= 15 is 0 Å². The highest BCUT2D eigenvalue weighted by atomic mass is 16.7. The number of hydrogen-bond acceptors (Lipinski definition) is 12. The summed E-state index contributed by atoms with van der Waals surface area (Å²) in [6.45, 7) is 2.36. The number of rotatable bonds is 9. The van der Waals surface area contributed by atoms with Gasteiger partial charge in [0, 0.05) is 29.8 Å². The van der Waals surface area contributed by atoms with Gasteiger partial charge in [-0.15, -0.1) is 0 Å². The van der Waals surface area contributed by atoms with Crippen molar-refractivity contribution in [3.8, 4) is 11.5 Å². The lowest BCUT2D eigenvalue weighted by molar-refractivity contribution is -0.310. The number of fused-ring (bicyclic) bond motifs is 1. The summed E-state index contributed by atoms with van der Waals surface area (Å²) in [6, 6.07) is 1.77. The van der Waals surface area contributed by atoms with Crippen molar-refractivity contribution in [3.05, 3.63) is 23.5 Å². The van der Waals surface area contributed by atoms with E-state index in [1.165, 1.54) is 7.11 Å². The van der Waals surface area contributed by atoms with Crippen LogP contribution in [0.4, 0.5) is 0 Å². The SMILES string of the molecule is CCOC(=O)CCc1cc2c(C3CNC(=O)C34CCCC4)coc2c(OC)c1OC1OC(C(O)O)C(O)C(O)C1O. The molecule has 1 spiro atoms. The Bertz CT molecular complexity index is 1270. The van der Waals surface area contributed by atoms with Crippen molar-refractivity contribution in [1.29, 1.82) is 0 Å². The molecule has 2 saturated heterocycles. The van der Waals surface area contributed by atoms with Crippen LogP contribution in [0.15, 0.2) is 16.7 Å². The number of nitrogens with one attached hydrogen (secondary N) is 1. The van der Waals surface area contributed by atoms with Gasteiger partial charge in [-0.05, 0) is 37.8 Å². The van der Waals surface area contributed by atoms with Crippen molar-refractivity contribution >= 4 is 22.8 Å². The Hall–Kier alpha value is -2.94. The quantitative estimate of drug-likeness (QED) is 0.175. The zero-order valence-electron chi connectivity index (χ0n) is 22.9. The third kappa shape index (κ3) is 5.15. The first kappa shape index (κ1) is 29.5. The first-order valence-corrected chi connectivity index (χ1v) is 13.9. The summed E-state index contributed by atoms with van der Waals surface area (Å²) in [7, 11) is 1.38. The molecule has 2 aliphatic heterocycles. The van der Waals surface area contributed by atoms with Gasteiger partial charge < -0.3 is 54.2 Å². The monoisotopic (exact) mass is 579 g/mol. The maximum Gasteiger partial charge on any atom is 0.306 e. The van der Waals surface area contributed by atoms with E-state index in [0.29, 0.717) is 23.1 Å². The number of carbonyl (C=O) groups is 2. The van der Waals surface area contributed by atoms with Gasteiger partial charge in [0.05, 0.1) is 25.4 Å². The summed E-state index contributed by atoms with van der Waals surface area (Å²) in [6.07, 6.45) is -5.74. The van der Waals surface area contributed by atoms with Crippen molar-refractivity contribution < 1.29 is 58.5 Å². The molecule has 13 nitrogen and oxygen atoms in total. The Morgan fingerprint density at radius 3 is 2.54 bits per heavy atom. The highest BCUT2D eigenvalue weighted by Crippen LogP contribution is 2.54. The molecule has 3 aliphatic rings. The normalized spacial score (nSPS) is 29.3. The molecular weight excluding hydrogens is 542 g/mol. The minimum Gasteiger partial charge on any atom is -0.490 e. The van der Waals surface area contributed by atoms with Gasteiger partial charge in [0.25, 0.3) is 0 Å². The van der Waals surface area contributed by atoms with Gasteiger partial charge in [-0.25, -0.2) is 0 Å². The Labute approximate surface area is 235 Å². The lowest BCUT2D eigenvalue weighted by Gasteiger charge is -2.41. The number of carbonyl (C=O) groups excluding carboxylic acids is 2. The average Bonchev–Trinajstić information content (AvgIpc) is 3.67. The number of aliphatic hydroxyl groups excluding tert-OH is 4. The molecule has 6 atom stereocenters. The van der Waals surface area contributed by atoms with Crippen LogP contribution in [0.25, 0.3) is 11.0 Å². The molecule has 1 amide bonds. The first-order valence-electron chi connectivity index (χ1n) is 13.9. The van der Waals surface area contributed by atoms with Crippen molar-refractivity contribution in [2.24, 2.45) is 5.41 Å². The molecule has 226 valence electrons. The summed E-state index contributed by atoms with van der Waals surface area (Å²) in [5.74, 6) is -0.409. The summed E-state index contributed by atoms with van der Waals surface area (Å²) >= 11 is 0. The predicted octanol–water partition coefficient (Wildman–Crippen LogP) is 0.208. The number of furan rings is 1. The minimum absolute atomic E-state index is 0.0210. The van der Waals surface area contributed by atoms with E-state index in [9.17, 15) is 35.1 Å². The van der Waals surface area contributed by atoms with Gasteiger partial charge in [-0.1, -0.05) is 12.8 Å². The fourth-order valence-electron chi connectivity index (χ4n) is 6.48. The first-order chi connectivity index (χ1) is 19.6. The lowest BCUT2D eigenvalue weighted by atomic mass is 9.72. The third-order valence-corrected chi connectivity index (χ3v) is 8.58. The van der Waals surface area contributed by atoms with Crippen LogP contribution in [-0.4, -0.2) is 94.7 Å². The number of hydrogen-bond donors (Lipinski definition) is 6. The van der Waals surface area contributed by atoms with Crippen LogP contribution >= 0.6 is 0 Å². The van der Waals surface area contributed by atoms with Gasteiger partial charge in [0.1, 0.15) is 24.4 Å². The average molecular weight is 580 g/mol. The summed E-state index contributed by atoms with van der Waals surface area (Å²) < 4.78 is 28.2. The van der Waals surface area contributed by atoms with E-state index in [1.54, 1.807) is 19.3 Å². The molecule has 41 heavy (non-hydrogen) atoms. The van der Waals surface area contributed by atoms with Crippen molar-refractivity contribution in [2.75, 3.05) is 20.3 Å². The van der Waals surface area contributed by atoms with Crippen LogP contribution in [0.5, 0.6) is 11.5 Å². The molecule has 3 fully saturated rings. The Balaban J connectivity index is 1.58. The van der Waals surface area contributed by atoms with Gasteiger partial charge >= 0.3 is 5.97 Å². The van der Waals surface area contributed by atoms with Crippen LogP contribution in [-0.2, 0) is 25.5 Å². The molecule has 1 aromatic heterocycles. The van der Waals surface area contributed by atoms with Gasteiger partial charge in [0.2, 0.25) is 17.9 Å². The fourth-order valence-corrected chi connectivity index (χ4v) is 6.48. The summed E-state index contributed by atoms with van der Waals surface area (Å²) in [4.78, 5) is 25.2. The molecule has 5 rings (SSSR count). The second-order valence-electron chi connectivity index (χ2n) is 10.9. The van der Waals surface area contributed by atoms with E-state index in [1.807, 2.05) is 0 Å². The van der Waals surface area contributed by atoms with Gasteiger partial charge in [0.15, 0.2) is 17.6 Å². The van der Waals surface area contributed by atoms with E-state index in [4.69, 9.17) is 23.4 Å². The predicted molar refractivity (Wildman–Crippen MR) is 140 cm³/mol. The highest BCUT2D eigenvalue weighted by molar-refractivity contribution is 5.93. The minimum atomic E-state index is -2.18. The Morgan fingerprint density at radius 2 is 1.88 bits per heavy atom. The molecule has 0 radical (unpaired) electrons. The van der Waals surface area contributed by atoms with Crippen LogP contribution in [0, 0.1) is 5.41 Å². The van der Waals surface area contributed by atoms with Crippen molar-refractivity contribution in [3.63, 3.8) is 0 Å². The summed E-state index contributed by atoms with van der Waals surface area (Å²) in [5.41, 5.74) is 1.05. The maximum absolute atomic E-state index is 13.0. The lowest BCUT2D eigenvalue weighted by Crippen LogP contribution is -2.62. The Morgan fingerprint density at radius 1 is 1.15 bits per heavy atom. The highest BCUT2D eigenvalue weighted by Gasteiger charge is 2.53. The standard InChI is InChI=1S/C28H37NO12/c1-3-38-17(30)7-6-13-10-14-15(16-11-29-27(36)28(16)8-4-5-9-28)12-39-22(14)24(37-2)21(13)40-26-20(33)18(31)19(32)23(41-26)25(34)35/h10,12,16,18-20,23,25-26,31-35H,3-9,11H2,1-2H3,(H,29,36). The molecule has 1 saturated carbocycles. The van der Waals surface area contributed by atoms with Crippen LogP contribution < -0.4 is 14.8 Å². The number of methoxy groups -OCH3 is 1. The number of amides is 1. The van der Waals surface area contributed by atoms with Gasteiger partial charge in [-0.3, -0.25) is 9.59 Å². The number of aliphatic hydroxyl groups is 5. The van der Waals surface area contributed by atoms with E-state index in [-0.39, 0.29) is 42.8 Å². The number of esters is 1. The Kier molecular flexibility index (Phi) is 8.46. The van der Waals surface area contributed by atoms with Crippen LogP contribution in [0.1, 0.15) is 56.1 Å². The summed E-state index contributed by atoms with van der Waals surface area (Å²) in [5, 5.41) is 54.1. The van der Waals surface area contributed by atoms with E-state index in [2.05, 4.69) is 5.32 Å². The molecule has 6 N–H and O–H groups in total. The largest absolute Gasteiger partial charge is 0.490 e. The van der Waals surface area contributed by atoms with E-state index < -0.39 is 48.4 Å². The zero-order valence-corrected chi connectivity index (χ0v) is 22.9. The van der Waals surface area contributed by atoms with Crippen LogP contribution in [0.3, 0.4) is 0 Å². The van der Waals surface area contributed by atoms with Crippen LogP contribution in [0.2, 0.25) is 0 Å². The zero-order chi connectivity index (χ0) is 29.5. The number of benzene rings is 1.